The van der Waals surface area contributed by atoms with Gasteiger partial charge in [-0.2, -0.15) is 10.1 Å². The van der Waals surface area contributed by atoms with E-state index in [1.165, 1.54) is 25.8 Å². The SMILES string of the molecule is COc1cccc(Oc2c(NS(=O)(=O)c3ccc(C(C)(C)C)cc3)ncnc2OCCC/C=N/NC(=O)c2ccncc2)c1. The molecule has 4 rings (SSSR count). The second kappa shape index (κ2) is 14.4. The Morgan fingerprint density at radius 2 is 1.73 bits per heavy atom. The third-order valence-corrected chi connectivity index (χ3v) is 7.57. The lowest BCUT2D eigenvalue weighted by Gasteiger charge is -2.19. The molecule has 44 heavy (non-hydrogen) atoms. The third-order valence-electron chi connectivity index (χ3n) is 6.21. The quantitative estimate of drug-likeness (QED) is 0.115. The number of nitrogens with one attached hydrogen (secondary N) is 2. The molecule has 2 aromatic carbocycles. The predicted octanol–water partition coefficient (Wildman–Crippen LogP) is 5.35. The Morgan fingerprint density at radius 3 is 2.43 bits per heavy atom. The first kappa shape index (κ1) is 31.9. The first-order chi connectivity index (χ1) is 21.1. The van der Waals surface area contributed by atoms with Crippen molar-refractivity contribution in [2.24, 2.45) is 5.10 Å². The maximum absolute atomic E-state index is 13.3. The molecule has 0 unspecified atom stereocenters. The van der Waals surface area contributed by atoms with Gasteiger partial charge in [-0.25, -0.2) is 18.8 Å². The number of ether oxygens (including phenoxy) is 3. The molecule has 0 saturated carbocycles. The van der Waals surface area contributed by atoms with E-state index in [-0.39, 0.29) is 40.3 Å². The summed E-state index contributed by atoms with van der Waals surface area (Å²) in [6.45, 7) is 6.34. The van der Waals surface area contributed by atoms with Gasteiger partial charge in [0.2, 0.25) is 5.75 Å². The molecule has 0 atom stereocenters. The molecule has 2 heterocycles. The monoisotopic (exact) mass is 618 g/mol. The molecule has 0 aliphatic heterocycles. The van der Waals surface area contributed by atoms with Gasteiger partial charge in [-0.3, -0.25) is 14.5 Å². The van der Waals surface area contributed by atoms with Crippen LogP contribution in [0.15, 0.2) is 89.4 Å². The van der Waals surface area contributed by atoms with Gasteiger partial charge in [-0.1, -0.05) is 39.0 Å². The third kappa shape index (κ3) is 8.74. The standard InChI is InChI=1S/C31H34N6O6S/c1-31(2,3)23-10-12-26(13-11-23)44(39,40)37-28-27(43-25-9-7-8-24(20-25)41-4)30(34-21-33-28)42-19-6-5-16-35-36-29(38)22-14-17-32-18-15-22/h7-18,20-21H,5-6,19H2,1-4H3,(H,36,38)(H,33,34,37)/b35-16+. The van der Waals surface area contributed by atoms with Crippen LogP contribution in [0.4, 0.5) is 5.82 Å². The van der Waals surface area contributed by atoms with Gasteiger partial charge in [-0.15, -0.1) is 0 Å². The lowest BCUT2D eigenvalue weighted by atomic mass is 9.87. The van der Waals surface area contributed by atoms with E-state index < -0.39 is 10.0 Å². The largest absolute Gasteiger partial charge is 0.497 e. The first-order valence-electron chi connectivity index (χ1n) is 13.7. The number of hydrazone groups is 1. The highest BCUT2D eigenvalue weighted by molar-refractivity contribution is 7.92. The lowest BCUT2D eigenvalue weighted by molar-refractivity contribution is 0.0955. The summed E-state index contributed by atoms with van der Waals surface area (Å²) >= 11 is 0. The highest BCUT2D eigenvalue weighted by Gasteiger charge is 2.23. The van der Waals surface area contributed by atoms with Crippen molar-refractivity contribution in [2.45, 2.75) is 43.9 Å². The summed E-state index contributed by atoms with van der Waals surface area (Å²) in [6.07, 6.45) is 6.78. The van der Waals surface area contributed by atoms with Crippen LogP contribution in [0.3, 0.4) is 0 Å². The zero-order valence-corrected chi connectivity index (χ0v) is 25.7. The van der Waals surface area contributed by atoms with E-state index in [0.29, 0.717) is 29.9 Å². The van der Waals surface area contributed by atoms with Crippen molar-refractivity contribution in [3.63, 3.8) is 0 Å². The molecule has 0 aliphatic carbocycles. The van der Waals surface area contributed by atoms with Gasteiger partial charge in [0.05, 0.1) is 18.6 Å². The molecule has 0 aliphatic rings. The van der Waals surface area contributed by atoms with Crippen LogP contribution < -0.4 is 24.4 Å². The van der Waals surface area contributed by atoms with Gasteiger partial charge in [0.25, 0.3) is 21.8 Å². The van der Waals surface area contributed by atoms with Crippen LogP contribution in [-0.4, -0.2) is 49.2 Å². The lowest BCUT2D eigenvalue weighted by Crippen LogP contribution is -2.17. The summed E-state index contributed by atoms with van der Waals surface area (Å²) < 4.78 is 46.4. The van der Waals surface area contributed by atoms with Crippen molar-refractivity contribution in [1.82, 2.24) is 20.4 Å². The van der Waals surface area contributed by atoms with Crippen LogP contribution in [0.1, 0.15) is 49.5 Å². The van der Waals surface area contributed by atoms with Gasteiger partial charge in [0.15, 0.2) is 5.82 Å². The van der Waals surface area contributed by atoms with E-state index in [0.717, 1.165) is 5.56 Å². The first-order valence-corrected chi connectivity index (χ1v) is 15.2. The number of hydrogen-bond acceptors (Lipinski definition) is 10. The molecule has 0 fully saturated rings. The number of rotatable bonds is 13. The molecule has 230 valence electrons. The van der Waals surface area contributed by atoms with E-state index in [4.69, 9.17) is 14.2 Å². The molecular formula is C31H34N6O6S. The number of benzene rings is 2. The average Bonchev–Trinajstić information content (AvgIpc) is 3.02. The Morgan fingerprint density at radius 1 is 1.00 bits per heavy atom. The van der Waals surface area contributed by atoms with Gasteiger partial charge in [0.1, 0.15) is 17.8 Å². The van der Waals surface area contributed by atoms with E-state index in [1.807, 2.05) is 20.8 Å². The summed E-state index contributed by atoms with van der Waals surface area (Å²) in [5, 5.41) is 3.94. The van der Waals surface area contributed by atoms with Crippen LogP contribution in [0.2, 0.25) is 0 Å². The molecule has 4 aromatic rings. The zero-order valence-electron chi connectivity index (χ0n) is 24.9. The molecule has 13 heteroatoms. The molecule has 0 bridgehead atoms. The number of sulfonamides is 1. The summed E-state index contributed by atoms with van der Waals surface area (Å²) in [4.78, 5) is 24.3. The second-order valence-corrected chi connectivity index (χ2v) is 12.2. The van der Waals surface area contributed by atoms with Gasteiger partial charge in [0, 0.05) is 30.2 Å². The highest BCUT2D eigenvalue weighted by Crippen LogP contribution is 2.37. The van der Waals surface area contributed by atoms with Crippen molar-refractivity contribution in [3.05, 3.63) is 90.5 Å². The molecule has 2 aromatic heterocycles. The van der Waals surface area contributed by atoms with Crippen LogP contribution in [0.25, 0.3) is 0 Å². The van der Waals surface area contributed by atoms with Gasteiger partial charge < -0.3 is 14.2 Å². The van der Waals surface area contributed by atoms with E-state index in [2.05, 4.69) is 30.2 Å². The number of amides is 1. The summed E-state index contributed by atoms with van der Waals surface area (Å²) in [5.41, 5.74) is 3.76. The minimum absolute atomic E-state index is 0.0195. The van der Waals surface area contributed by atoms with Crippen LogP contribution in [0, 0.1) is 0 Å². The highest BCUT2D eigenvalue weighted by atomic mass is 32.2. The Hall–Kier alpha value is -5.04. The molecule has 0 saturated heterocycles. The van der Waals surface area contributed by atoms with Crippen LogP contribution in [-0.2, 0) is 15.4 Å². The Kier molecular flexibility index (Phi) is 10.5. The summed E-state index contributed by atoms with van der Waals surface area (Å²) in [6, 6.07) is 16.6. The predicted molar refractivity (Wildman–Crippen MR) is 166 cm³/mol. The number of carbonyl (C=O) groups excluding carboxylic acids is 1. The van der Waals surface area contributed by atoms with E-state index in [9.17, 15) is 13.2 Å². The number of carbonyl (C=O) groups is 1. The Bertz CT molecular complexity index is 1690. The number of unbranched alkanes of at least 4 members (excludes halogenated alkanes) is 1. The number of aromatic nitrogens is 3. The number of methoxy groups -OCH3 is 1. The van der Waals surface area contributed by atoms with Crippen LogP contribution >= 0.6 is 0 Å². The van der Waals surface area contributed by atoms with Crippen molar-refractivity contribution in [1.29, 1.82) is 0 Å². The summed E-state index contributed by atoms with van der Waals surface area (Å²) in [7, 11) is -2.51. The fraction of sp³-hybridized carbons (Fsp3) is 0.258. The molecule has 0 spiro atoms. The molecule has 0 radical (unpaired) electrons. The molecule has 2 N–H and O–H groups in total. The van der Waals surface area contributed by atoms with Crippen molar-refractivity contribution < 1.29 is 27.4 Å². The fourth-order valence-corrected chi connectivity index (χ4v) is 4.82. The normalized spacial score (nSPS) is 11.6. The second-order valence-electron chi connectivity index (χ2n) is 10.5. The van der Waals surface area contributed by atoms with Crippen molar-refractivity contribution in [2.75, 3.05) is 18.4 Å². The van der Waals surface area contributed by atoms with Gasteiger partial charge >= 0.3 is 0 Å². The smallest absolute Gasteiger partial charge is 0.271 e. The maximum Gasteiger partial charge on any atom is 0.271 e. The number of pyridine rings is 1. The number of anilines is 1. The zero-order chi connectivity index (χ0) is 31.6. The van der Waals surface area contributed by atoms with E-state index in [1.54, 1.807) is 66.9 Å². The molecular weight excluding hydrogens is 584 g/mol. The fourth-order valence-electron chi connectivity index (χ4n) is 3.81. The topological polar surface area (TPSA) is 154 Å². The molecule has 1 amide bonds. The number of nitrogens with zero attached hydrogens (tertiary/aromatic N) is 4. The van der Waals surface area contributed by atoms with Crippen LogP contribution in [0.5, 0.6) is 23.1 Å². The van der Waals surface area contributed by atoms with E-state index >= 15 is 0 Å². The average molecular weight is 619 g/mol. The minimum Gasteiger partial charge on any atom is -0.497 e. The van der Waals surface area contributed by atoms with Crippen molar-refractivity contribution in [3.8, 4) is 23.1 Å². The van der Waals surface area contributed by atoms with Crippen molar-refractivity contribution >= 4 is 28.0 Å². The Labute approximate surface area is 256 Å². The number of hydrogen-bond donors (Lipinski definition) is 2. The minimum atomic E-state index is -4.04. The summed E-state index contributed by atoms with van der Waals surface area (Å²) in [5.74, 6) is 0.466. The van der Waals surface area contributed by atoms with Gasteiger partial charge in [-0.05, 0) is 60.2 Å². The molecule has 12 nitrogen and oxygen atoms in total. The maximum atomic E-state index is 13.3. The Balaban J connectivity index is 1.48.